The normalized spacial score (nSPS) is 11.0. The molecule has 1 rings (SSSR count). The molecule has 118 valence electrons. The van der Waals surface area contributed by atoms with Gasteiger partial charge in [-0.3, -0.25) is 4.79 Å². The van der Waals surface area contributed by atoms with E-state index in [1.54, 1.807) is 0 Å². The van der Waals surface area contributed by atoms with Crippen molar-refractivity contribution in [3.8, 4) is 0 Å². The fraction of sp³-hybridized carbons (Fsp3) is 0.611. The SMILES string of the molecule is CCCCN(CCCC)CCCc1ccc(C(=O)Cl)cc1. The molecule has 0 atom stereocenters. The smallest absolute Gasteiger partial charge is 0.252 e. The van der Waals surface area contributed by atoms with Crippen LogP contribution in [0.2, 0.25) is 0 Å². The molecule has 0 aliphatic rings. The number of benzene rings is 1. The van der Waals surface area contributed by atoms with Crippen LogP contribution in [0.3, 0.4) is 0 Å². The van der Waals surface area contributed by atoms with E-state index < -0.39 is 0 Å². The average molecular weight is 310 g/mol. The second-order valence-electron chi connectivity index (χ2n) is 5.62. The van der Waals surface area contributed by atoms with Crippen molar-refractivity contribution >= 4 is 16.8 Å². The third-order valence-corrected chi connectivity index (χ3v) is 3.99. The van der Waals surface area contributed by atoms with E-state index in [-0.39, 0.29) is 5.24 Å². The molecule has 0 radical (unpaired) electrons. The van der Waals surface area contributed by atoms with Gasteiger partial charge in [-0.2, -0.15) is 0 Å². The van der Waals surface area contributed by atoms with E-state index >= 15 is 0 Å². The Balaban J connectivity index is 2.36. The number of hydrogen-bond donors (Lipinski definition) is 0. The van der Waals surface area contributed by atoms with E-state index in [9.17, 15) is 4.79 Å². The first kappa shape index (κ1) is 18.2. The minimum Gasteiger partial charge on any atom is -0.303 e. The molecule has 0 N–H and O–H groups in total. The van der Waals surface area contributed by atoms with Gasteiger partial charge in [-0.1, -0.05) is 38.8 Å². The summed E-state index contributed by atoms with van der Waals surface area (Å²) in [5.74, 6) is 0. The van der Waals surface area contributed by atoms with Crippen LogP contribution in [0.4, 0.5) is 0 Å². The summed E-state index contributed by atoms with van der Waals surface area (Å²) < 4.78 is 0. The topological polar surface area (TPSA) is 20.3 Å². The van der Waals surface area contributed by atoms with Crippen LogP contribution in [-0.2, 0) is 6.42 Å². The zero-order chi connectivity index (χ0) is 15.5. The van der Waals surface area contributed by atoms with Gasteiger partial charge < -0.3 is 4.90 Å². The van der Waals surface area contributed by atoms with Crippen LogP contribution in [0.25, 0.3) is 0 Å². The molecule has 0 spiro atoms. The number of rotatable bonds is 11. The second kappa shape index (κ2) is 10.8. The largest absolute Gasteiger partial charge is 0.303 e. The van der Waals surface area contributed by atoms with Crippen LogP contribution in [0.1, 0.15) is 61.9 Å². The lowest BCUT2D eigenvalue weighted by Crippen LogP contribution is -2.27. The van der Waals surface area contributed by atoms with Crippen LogP contribution >= 0.6 is 11.6 Å². The molecule has 3 heteroatoms. The average Bonchev–Trinajstić information content (AvgIpc) is 2.50. The van der Waals surface area contributed by atoms with Crippen LogP contribution in [0.5, 0.6) is 0 Å². The monoisotopic (exact) mass is 309 g/mol. The van der Waals surface area contributed by atoms with Gasteiger partial charge in [-0.05, 0) is 74.6 Å². The van der Waals surface area contributed by atoms with Crippen molar-refractivity contribution in [1.82, 2.24) is 4.90 Å². The number of carbonyl (C=O) groups excluding carboxylic acids is 1. The number of halogens is 1. The molecule has 0 fully saturated rings. The molecule has 21 heavy (non-hydrogen) atoms. The predicted octanol–water partition coefficient (Wildman–Crippen LogP) is 4.90. The summed E-state index contributed by atoms with van der Waals surface area (Å²) in [6.07, 6.45) is 7.33. The molecule has 0 aliphatic carbocycles. The van der Waals surface area contributed by atoms with E-state index in [4.69, 9.17) is 11.6 Å². The van der Waals surface area contributed by atoms with Gasteiger partial charge in [0.2, 0.25) is 0 Å². The van der Waals surface area contributed by atoms with Gasteiger partial charge in [0.15, 0.2) is 0 Å². The zero-order valence-corrected chi connectivity index (χ0v) is 14.2. The maximum Gasteiger partial charge on any atom is 0.252 e. The first-order valence-corrected chi connectivity index (χ1v) is 8.56. The lowest BCUT2D eigenvalue weighted by atomic mass is 10.1. The van der Waals surface area contributed by atoms with E-state index in [2.05, 4.69) is 18.7 Å². The molecule has 1 aromatic rings. The lowest BCUT2D eigenvalue weighted by Gasteiger charge is -2.21. The fourth-order valence-corrected chi connectivity index (χ4v) is 2.53. The van der Waals surface area contributed by atoms with Crippen molar-refractivity contribution in [3.05, 3.63) is 35.4 Å². The Morgan fingerprint density at radius 2 is 1.48 bits per heavy atom. The summed E-state index contributed by atoms with van der Waals surface area (Å²) in [5.41, 5.74) is 1.86. The summed E-state index contributed by atoms with van der Waals surface area (Å²) in [4.78, 5) is 13.6. The Hall–Kier alpha value is -0.860. The van der Waals surface area contributed by atoms with Crippen LogP contribution < -0.4 is 0 Å². The molecule has 0 saturated carbocycles. The van der Waals surface area contributed by atoms with Crippen molar-refractivity contribution in [1.29, 1.82) is 0 Å². The molecular weight excluding hydrogens is 282 g/mol. The summed E-state index contributed by atoms with van der Waals surface area (Å²) in [6, 6.07) is 7.66. The Morgan fingerprint density at radius 1 is 0.952 bits per heavy atom. The number of hydrogen-bond acceptors (Lipinski definition) is 2. The first-order chi connectivity index (χ1) is 10.2. The van der Waals surface area contributed by atoms with Crippen molar-refractivity contribution in [2.45, 2.75) is 52.4 Å². The molecule has 0 bridgehead atoms. The van der Waals surface area contributed by atoms with Crippen LogP contribution in [0.15, 0.2) is 24.3 Å². The second-order valence-corrected chi connectivity index (χ2v) is 5.97. The number of nitrogens with zero attached hydrogens (tertiary/aromatic N) is 1. The summed E-state index contributed by atoms with van der Waals surface area (Å²) in [5, 5.41) is -0.383. The number of carbonyl (C=O) groups is 1. The zero-order valence-electron chi connectivity index (χ0n) is 13.4. The standard InChI is InChI=1S/C18H28ClNO/c1-3-5-13-20(14-6-4-2)15-7-8-16-9-11-17(12-10-16)18(19)21/h9-12H,3-8,13-15H2,1-2H3. The van der Waals surface area contributed by atoms with Crippen molar-refractivity contribution in [2.75, 3.05) is 19.6 Å². The highest BCUT2D eigenvalue weighted by Gasteiger charge is 2.05. The Bertz CT molecular complexity index is 394. The Labute approximate surface area is 134 Å². The van der Waals surface area contributed by atoms with E-state index in [1.807, 2.05) is 24.3 Å². The maximum absolute atomic E-state index is 11.0. The molecule has 0 heterocycles. The molecule has 1 aromatic carbocycles. The van der Waals surface area contributed by atoms with Gasteiger partial charge in [0, 0.05) is 5.56 Å². The number of unbranched alkanes of at least 4 members (excludes halogenated alkanes) is 2. The van der Waals surface area contributed by atoms with Gasteiger partial charge in [0.1, 0.15) is 0 Å². The number of aryl methyl sites for hydroxylation is 1. The highest BCUT2D eigenvalue weighted by atomic mass is 35.5. The fourth-order valence-electron chi connectivity index (χ4n) is 2.41. The molecule has 0 aromatic heterocycles. The van der Waals surface area contributed by atoms with Crippen LogP contribution in [-0.4, -0.2) is 29.8 Å². The third kappa shape index (κ3) is 7.63. The van der Waals surface area contributed by atoms with Crippen molar-refractivity contribution in [2.24, 2.45) is 0 Å². The molecule has 2 nitrogen and oxygen atoms in total. The molecule has 0 amide bonds. The first-order valence-electron chi connectivity index (χ1n) is 8.18. The molecule has 0 aliphatic heterocycles. The minimum atomic E-state index is -0.383. The van der Waals surface area contributed by atoms with E-state index in [1.165, 1.54) is 50.8 Å². The van der Waals surface area contributed by atoms with Gasteiger partial charge in [-0.25, -0.2) is 0 Å². The maximum atomic E-state index is 11.0. The lowest BCUT2D eigenvalue weighted by molar-refractivity contribution is 0.108. The van der Waals surface area contributed by atoms with E-state index in [0.29, 0.717) is 5.56 Å². The Kier molecular flexibility index (Phi) is 9.36. The van der Waals surface area contributed by atoms with Crippen LogP contribution in [0, 0.1) is 0 Å². The minimum absolute atomic E-state index is 0.383. The Morgan fingerprint density at radius 3 is 1.95 bits per heavy atom. The highest BCUT2D eigenvalue weighted by Crippen LogP contribution is 2.10. The molecule has 0 unspecified atom stereocenters. The summed E-state index contributed by atoms with van der Waals surface area (Å²) in [7, 11) is 0. The quantitative estimate of drug-likeness (QED) is 0.542. The molecule has 0 saturated heterocycles. The van der Waals surface area contributed by atoms with Gasteiger partial charge >= 0.3 is 0 Å². The third-order valence-electron chi connectivity index (χ3n) is 3.78. The molecular formula is C18H28ClNO. The summed E-state index contributed by atoms with van der Waals surface area (Å²) in [6.45, 7) is 8.10. The van der Waals surface area contributed by atoms with Gasteiger partial charge in [0.05, 0.1) is 0 Å². The van der Waals surface area contributed by atoms with Crippen molar-refractivity contribution < 1.29 is 4.79 Å². The predicted molar refractivity (Wildman–Crippen MR) is 91.2 cm³/mol. The van der Waals surface area contributed by atoms with E-state index in [0.717, 1.165) is 13.0 Å². The van der Waals surface area contributed by atoms with Crippen molar-refractivity contribution in [3.63, 3.8) is 0 Å². The highest BCUT2D eigenvalue weighted by molar-refractivity contribution is 6.67. The van der Waals surface area contributed by atoms with Gasteiger partial charge in [-0.15, -0.1) is 0 Å². The summed E-state index contributed by atoms with van der Waals surface area (Å²) >= 11 is 5.45. The van der Waals surface area contributed by atoms with Gasteiger partial charge in [0.25, 0.3) is 5.24 Å².